The van der Waals surface area contributed by atoms with E-state index < -0.39 is 5.91 Å². The first-order chi connectivity index (χ1) is 13.5. The van der Waals surface area contributed by atoms with Crippen LogP contribution in [0.1, 0.15) is 41.1 Å². The van der Waals surface area contributed by atoms with Gasteiger partial charge < -0.3 is 20.2 Å². The van der Waals surface area contributed by atoms with Crippen molar-refractivity contribution < 1.29 is 14.3 Å². The molecule has 4 heterocycles. The van der Waals surface area contributed by atoms with E-state index in [1.807, 2.05) is 19.1 Å². The number of likely N-dealkylation sites (tertiary alicyclic amines) is 1. The zero-order chi connectivity index (χ0) is 19.7. The molecule has 0 saturated carbocycles. The minimum absolute atomic E-state index is 0.112. The maximum absolute atomic E-state index is 11.8. The van der Waals surface area contributed by atoms with Gasteiger partial charge in [0.1, 0.15) is 17.3 Å². The van der Waals surface area contributed by atoms with Crippen molar-refractivity contribution in [2.45, 2.75) is 38.8 Å². The van der Waals surface area contributed by atoms with Crippen LogP contribution < -0.4 is 10.6 Å². The van der Waals surface area contributed by atoms with E-state index in [4.69, 9.17) is 10.2 Å². The van der Waals surface area contributed by atoms with Crippen LogP contribution in [0, 0.1) is 12.3 Å². The number of fused-ring (bicyclic) bond motifs is 1. The molecular formula is C21H28N4O3. The molecule has 2 atom stereocenters. The number of aliphatic hydroxyl groups is 1. The second-order valence-corrected chi connectivity index (χ2v) is 8.07. The van der Waals surface area contributed by atoms with Crippen molar-refractivity contribution in [3.63, 3.8) is 0 Å². The van der Waals surface area contributed by atoms with E-state index in [-0.39, 0.29) is 18.1 Å². The lowest BCUT2D eigenvalue weighted by Crippen LogP contribution is -2.62. The number of primary amides is 1. The summed E-state index contributed by atoms with van der Waals surface area (Å²) in [5.41, 5.74) is 5.75. The van der Waals surface area contributed by atoms with Gasteiger partial charge in [-0.1, -0.05) is 0 Å². The van der Waals surface area contributed by atoms with Crippen LogP contribution in [0.15, 0.2) is 34.9 Å². The lowest BCUT2D eigenvalue weighted by atomic mass is 9.69. The number of carbonyl (C=O) groups is 1. The first kappa shape index (κ1) is 19.0. The van der Waals surface area contributed by atoms with E-state index in [1.165, 1.54) is 0 Å². The van der Waals surface area contributed by atoms with Crippen LogP contribution in [-0.2, 0) is 6.54 Å². The topological polar surface area (TPSA) is 95.8 Å². The highest BCUT2D eigenvalue weighted by molar-refractivity contribution is 5.97. The summed E-state index contributed by atoms with van der Waals surface area (Å²) >= 11 is 0. The van der Waals surface area contributed by atoms with Crippen LogP contribution in [0.4, 0.5) is 5.82 Å². The van der Waals surface area contributed by atoms with Crippen molar-refractivity contribution in [2.75, 3.05) is 31.1 Å². The molecule has 7 heteroatoms. The number of furan rings is 1. The molecule has 0 bridgehead atoms. The van der Waals surface area contributed by atoms with Gasteiger partial charge in [0.05, 0.1) is 18.7 Å². The number of rotatable bonds is 5. The highest BCUT2D eigenvalue weighted by Gasteiger charge is 2.48. The Morgan fingerprint density at radius 3 is 2.96 bits per heavy atom. The van der Waals surface area contributed by atoms with Gasteiger partial charge in [-0.25, -0.2) is 4.98 Å². The van der Waals surface area contributed by atoms with Crippen molar-refractivity contribution in [3.8, 4) is 0 Å². The van der Waals surface area contributed by atoms with E-state index in [9.17, 15) is 9.90 Å². The number of pyridine rings is 1. The van der Waals surface area contributed by atoms with Gasteiger partial charge >= 0.3 is 0 Å². The second kappa shape index (κ2) is 7.56. The van der Waals surface area contributed by atoms with Crippen molar-refractivity contribution in [3.05, 3.63) is 47.5 Å². The third-order valence-corrected chi connectivity index (χ3v) is 6.27. The van der Waals surface area contributed by atoms with E-state index in [0.717, 1.165) is 50.4 Å². The number of hydrogen-bond donors (Lipinski definition) is 2. The number of piperidine rings is 2. The standard InChI is InChI=1S/C21H28N4O3/c1-15-5-6-16(28-15)12-24-10-3-8-21(14-26)13-25(11-7-18(21)24)20-17(19(22)27)4-2-9-23-20/h2,4-6,9,18,26H,3,7-8,10-14H2,1H3,(H2,22,27)/t18-,21-/m1/s1. The van der Waals surface area contributed by atoms with Gasteiger partial charge in [0.15, 0.2) is 0 Å². The van der Waals surface area contributed by atoms with E-state index >= 15 is 0 Å². The zero-order valence-corrected chi connectivity index (χ0v) is 16.3. The summed E-state index contributed by atoms with van der Waals surface area (Å²) in [5.74, 6) is 2.04. The van der Waals surface area contributed by atoms with Crippen molar-refractivity contribution >= 4 is 11.7 Å². The van der Waals surface area contributed by atoms with Gasteiger partial charge in [0.25, 0.3) is 5.91 Å². The van der Waals surface area contributed by atoms with Crippen LogP contribution in [-0.4, -0.2) is 53.2 Å². The van der Waals surface area contributed by atoms with Crippen LogP contribution in [0.2, 0.25) is 0 Å². The molecule has 2 saturated heterocycles. The summed E-state index contributed by atoms with van der Waals surface area (Å²) in [7, 11) is 0. The van der Waals surface area contributed by atoms with Crippen molar-refractivity contribution in [1.82, 2.24) is 9.88 Å². The molecule has 28 heavy (non-hydrogen) atoms. The molecule has 7 nitrogen and oxygen atoms in total. The van der Waals surface area contributed by atoms with Crippen LogP contribution in [0.5, 0.6) is 0 Å². The van der Waals surface area contributed by atoms with Gasteiger partial charge in [0, 0.05) is 30.7 Å². The highest BCUT2D eigenvalue weighted by Crippen LogP contribution is 2.43. The van der Waals surface area contributed by atoms with E-state index in [0.29, 0.717) is 17.9 Å². The summed E-state index contributed by atoms with van der Waals surface area (Å²) in [6.07, 6.45) is 4.56. The third kappa shape index (κ3) is 3.40. The van der Waals surface area contributed by atoms with Crippen molar-refractivity contribution in [1.29, 1.82) is 0 Å². The predicted octanol–water partition coefficient (Wildman–Crippen LogP) is 1.94. The lowest BCUT2D eigenvalue weighted by molar-refractivity contribution is -0.0424. The molecule has 2 aliphatic heterocycles. The molecule has 3 N–H and O–H groups in total. The second-order valence-electron chi connectivity index (χ2n) is 8.07. The van der Waals surface area contributed by atoms with Gasteiger partial charge in [-0.15, -0.1) is 0 Å². The normalized spacial score (nSPS) is 25.5. The minimum atomic E-state index is -0.471. The maximum Gasteiger partial charge on any atom is 0.252 e. The fourth-order valence-electron chi connectivity index (χ4n) is 4.97. The summed E-state index contributed by atoms with van der Waals surface area (Å²) in [6.45, 7) is 5.27. The number of hydrogen-bond acceptors (Lipinski definition) is 6. The number of anilines is 1. The number of nitrogens with two attached hydrogens (primary N) is 1. The molecule has 2 aromatic heterocycles. The summed E-state index contributed by atoms with van der Waals surface area (Å²) in [4.78, 5) is 20.8. The molecule has 4 rings (SSSR count). The zero-order valence-electron chi connectivity index (χ0n) is 16.3. The Bertz CT molecular complexity index is 852. The Balaban J connectivity index is 1.58. The molecule has 0 spiro atoms. The highest BCUT2D eigenvalue weighted by atomic mass is 16.3. The maximum atomic E-state index is 11.8. The quantitative estimate of drug-likeness (QED) is 0.818. The van der Waals surface area contributed by atoms with E-state index in [1.54, 1.807) is 18.3 Å². The number of nitrogens with zero attached hydrogens (tertiary/aromatic N) is 3. The fraction of sp³-hybridized carbons (Fsp3) is 0.524. The average molecular weight is 384 g/mol. The van der Waals surface area contributed by atoms with Crippen LogP contribution in [0.25, 0.3) is 0 Å². The van der Waals surface area contributed by atoms with Gasteiger partial charge in [-0.05, 0) is 57.0 Å². The third-order valence-electron chi connectivity index (χ3n) is 6.27. The van der Waals surface area contributed by atoms with Gasteiger partial charge in [0.2, 0.25) is 0 Å². The molecule has 2 fully saturated rings. The molecule has 1 amide bonds. The first-order valence-electron chi connectivity index (χ1n) is 9.92. The fourth-order valence-corrected chi connectivity index (χ4v) is 4.97. The Labute approximate surface area is 165 Å². The SMILES string of the molecule is Cc1ccc(CN2CCC[C@]3(CO)CN(c4ncccc4C(N)=O)CC[C@@H]23)o1. The summed E-state index contributed by atoms with van der Waals surface area (Å²) in [5, 5.41) is 10.4. The van der Waals surface area contributed by atoms with E-state index in [2.05, 4.69) is 14.8 Å². The molecule has 0 radical (unpaired) electrons. The number of aryl methyl sites for hydroxylation is 1. The molecule has 0 aromatic carbocycles. The molecule has 150 valence electrons. The number of aliphatic hydroxyl groups excluding tert-OH is 1. The minimum Gasteiger partial charge on any atom is -0.465 e. The molecule has 0 aliphatic carbocycles. The molecule has 0 unspecified atom stereocenters. The summed E-state index contributed by atoms with van der Waals surface area (Å²) < 4.78 is 5.79. The molecular weight excluding hydrogens is 356 g/mol. The van der Waals surface area contributed by atoms with Gasteiger partial charge in [-0.2, -0.15) is 0 Å². The average Bonchev–Trinajstić information content (AvgIpc) is 3.12. The number of carbonyl (C=O) groups excluding carboxylic acids is 1. The Kier molecular flexibility index (Phi) is 5.12. The Morgan fingerprint density at radius 1 is 1.39 bits per heavy atom. The molecule has 2 aliphatic rings. The van der Waals surface area contributed by atoms with Crippen LogP contribution >= 0.6 is 0 Å². The number of amides is 1. The predicted molar refractivity (Wildman–Crippen MR) is 106 cm³/mol. The largest absolute Gasteiger partial charge is 0.465 e. The van der Waals surface area contributed by atoms with Gasteiger partial charge in [-0.3, -0.25) is 9.69 Å². The van der Waals surface area contributed by atoms with Crippen molar-refractivity contribution in [2.24, 2.45) is 11.1 Å². The number of aromatic nitrogens is 1. The lowest BCUT2D eigenvalue weighted by Gasteiger charge is -2.54. The molecule has 2 aromatic rings. The monoisotopic (exact) mass is 384 g/mol. The van der Waals surface area contributed by atoms with Crippen LogP contribution in [0.3, 0.4) is 0 Å². The Morgan fingerprint density at radius 2 is 2.25 bits per heavy atom. The smallest absolute Gasteiger partial charge is 0.252 e. The summed E-state index contributed by atoms with van der Waals surface area (Å²) in [6, 6.07) is 7.75. The first-order valence-corrected chi connectivity index (χ1v) is 9.92. The Hall–Kier alpha value is -2.38.